The van der Waals surface area contributed by atoms with Crippen LogP contribution in [0, 0.1) is 0 Å². The van der Waals surface area contributed by atoms with Crippen molar-refractivity contribution < 1.29 is 20.1 Å². The first kappa shape index (κ1) is 9.88. The predicted octanol–water partition coefficient (Wildman–Crippen LogP) is -2.18. The molecule has 2 unspecified atom stereocenters. The summed E-state index contributed by atoms with van der Waals surface area (Å²) in [6.45, 7) is 1.76. The average Bonchev–Trinajstić information content (AvgIpc) is 2.08. The summed E-state index contributed by atoms with van der Waals surface area (Å²) in [6.07, 6.45) is -4.37. The molecule has 0 aromatic carbocycles. The van der Waals surface area contributed by atoms with Crippen LogP contribution in [0.4, 0.5) is 0 Å². The molecule has 5 atom stereocenters. The van der Waals surface area contributed by atoms with Crippen LogP contribution in [-0.4, -0.2) is 52.4 Å². The minimum absolute atomic E-state index is 0.134. The molecule has 0 aromatic heterocycles. The molecule has 0 radical (unpaired) electrons. The Hall–Kier alpha value is -0.200. The van der Waals surface area contributed by atoms with Gasteiger partial charge in [0.25, 0.3) is 0 Å². The van der Waals surface area contributed by atoms with Gasteiger partial charge in [-0.1, -0.05) is 0 Å². The molecule has 5 heteroatoms. The van der Waals surface area contributed by atoms with Crippen molar-refractivity contribution >= 4 is 0 Å². The molecule has 0 spiro atoms. The smallest absolute Gasteiger partial charge is 0.111 e. The van der Waals surface area contributed by atoms with E-state index in [1.54, 1.807) is 6.92 Å². The van der Waals surface area contributed by atoms with E-state index in [1.807, 2.05) is 0 Å². The number of hydrogen-bond donors (Lipinski definition) is 4. The van der Waals surface area contributed by atoms with Crippen molar-refractivity contribution in [3.63, 3.8) is 0 Å². The Bertz CT molecular complexity index is 150. The molecule has 1 saturated heterocycles. The molecule has 5 nitrogen and oxygen atoms in total. The summed E-state index contributed by atoms with van der Waals surface area (Å²) in [5.74, 6) is 0. The van der Waals surface area contributed by atoms with Crippen LogP contribution in [0.3, 0.4) is 0 Å². The van der Waals surface area contributed by atoms with E-state index >= 15 is 0 Å². The molecule has 72 valence electrons. The number of nitrogens with two attached hydrogens (primary N) is 1. The monoisotopic (exact) mass is 177 g/mol. The van der Waals surface area contributed by atoms with Gasteiger partial charge in [-0.15, -0.1) is 0 Å². The SMILES string of the molecule is CC1O[C@H](CN)[C@H](O)[C@H](O)C1O. The largest absolute Gasteiger partial charge is 0.388 e. The minimum atomic E-state index is -1.16. The summed E-state index contributed by atoms with van der Waals surface area (Å²) in [4.78, 5) is 0. The van der Waals surface area contributed by atoms with Gasteiger partial charge in [0.05, 0.1) is 12.2 Å². The number of aliphatic hydroxyl groups is 3. The van der Waals surface area contributed by atoms with Gasteiger partial charge in [0.2, 0.25) is 0 Å². The molecular weight excluding hydrogens is 162 g/mol. The maximum absolute atomic E-state index is 9.31. The third-order valence-corrected chi connectivity index (χ3v) is 2.18. The molecule has 1 heterocycles. The van der Waals surface area contributed by atoms with Crippen molar-refractivity contribution in [2.45, 2.75) is 37.4 Å². The van der Waals surface area contributed by atoms with E-state index in [0.717, 1.165) is 0 Å². The van der Waals surface area contributed by atoms with Gasteiger partial charge < -0.3 is 25.8 Å². The van der Waals surface area contributed by atoms with Crippen molar-refractivity contribution in [2.24, 2.45) is 5.73 Å². The lowest BCUT2D eigenvalue weighted by Crippen LogP contribution is -2.58. The van der Waals surface area contributed by atoms with Gasteiger partial charge in [-0.05, 0) is 6.92 Å². The fraction of sp³-hybridized carbons (Fsp3) is 1.00. The summed E-state index contributed by atoms with van der Waals surface area (Å²) in [5, 5.41) is 27.8. The second kappa shape index (κ2) is 3.68. The first-order chi connectivity index (χ1) is 5.57. The summed E-state index contributed by atoms with van der Waals surface area (Å²) in [5.41, 5.74) is 5.29. The molecule has 1 aliphatic rings. The summed E-state index contributed by atoms with van der Waals surface area (Å²) < 4.78 is 5.15. The summed E-state index contributed by atoms with van der Waals surface area (Å²) >= 11 is 0. The Morgan fingerprint density at radius 1 is 1.17 bits per heavy atom. The highest BCUT2D eigenvalue weighted by molar-refractivity contribution is 4.90. The third kappa shape index (κ3) is 1.60. The van der Waals surface area contributed by atoms with Crippen LogP contribution >= 0.6 is 0 Å². The molecule has 5 N–H and O–H groups in total. The van der Waals surface area contributed by atoms with E-state index in [0.29, 0.717) is 0 Å². The second-order valence-electron chi connectivity index (χ2n) is 3.09. The molecule has 0 amide bonds. The third-order valence-electron chi connectivity index (χ3n) is 2.18. The van der Waals surface area contributed by atoms with Gasteiger partial charge >= 0.3 is 0 Å². The van der Waals surface area contributed by atoms with E-state index in [9.17, 15) is 15.3 Å². The highest BCUT2D eigenvalue weighted by Crippen LogP contribution is 2.19. The van der Waals surface area contributed by atoms with E-state index in [-0.39, 0.29) is 6.54 Å². The summed E-state index contributed by atoms with van der Waals surface area (Å²) in [6, 6.07) is 0. The first-order valence-corrected chi connectivity index (χ1v) is 3.97. The van der Waals surface area contributed by atoms with E-state index in [4.69, 9.17) is 10.5 Å². The fourth-order valence-corrected chi connectivity index (χ4v) is 1.33. The van der Waals surface area contributed by atoms with Crippen LogP contribution in [0.5, 0.6) is 0 Å². The second-order valence-corrected chi connectivity index (χ2v) is 3.09. The van der Waals surface area contributed by atoms with Gasteiger partial charge in [-0.2, -0.15) is 0 Å². The van der Waals surface area contributed by atoms with Crippen LogP contribution in [0.1, 0.15) is 6.92 Å². The van der Waals surface area contributed by atoms with Gasteiger partial charge in [0.1, 0.15) is 18.3 Å². The van der Waals surface area contributed by atoms with Crippen molar-refractivity contribution in [3.8, 4) is 0 Å². The van der Waals surface area contributed by atoms with Crippen LogP contribution < -0.4 is 5.73 Å². The lowest BCUT2D eigenvalue weighted by molar-refractivity contribution is -0.213. The first-order valence-electron chi connectivity index (χ1n) is 3.97. The van der Waals surface area contributed by atoms with Crippen molar-refractivity contribution in [2.75, 3.05) is 6.54 Å². The zero-order valence-corrected chi connectivity index (χ0v) is 6.92. The fourth-order valence-electron chi connectivity index (χ4n) is 1.33. The van der Waals surface area contributed by atoms with Gasteiger partial charge in [0.15, 0.2) is 0 Å². The number of rotatable bonds is 1. The lowest BCUT2D eigenvalue weighted by atomic mass is 9.96. The van der Waals surface area contributed by atoms with Crippen molar-refractivity contribution in [1.29, 1.82) is 0 Å². The Balaban J connectivity index is 2.63. The van der Waals surface area contributed by atoms with Gasteiger partial charge in [0, 0.05) is 6.54 Å². The molecular formula is C7H15NO4. The Morgan fingerprint density at radius 3 is 2.25 bits per heavy atom. The molecule has 1 fully saturated rings. The Kier molecular flexibility index (Phi) is 3.03. The van der Waals surface area contributed by atoms with Crippen molar-refractivity contribution in [3.05, 3.63) is 0 Å². The Labute approximate surface area is 70.8 Å². The van der Waals surface area contributed by atoms with Crippen molar-refractivity contribution in [1.82, 2.24) is 0 Å². The molecule has 1 rings (SSSR count). The van der Waals surface area contributed by atoms with E-state index in [1.165, 1.54) is 0 Å². The van der Waals surface area contributed by atoms with Crippen LogP contribution in [0.15, 0.2) is 0 Å². The topological polar surface area (TPSA) is 95.9 Å². The molecule has 1 aliphatic heterocycles. The lowest BCUT2D eigenvalue weighted by Gasteiger charge is -2.38. The van der Waals surface area contributed by atoms with Crippen LogP contribution in [-0.2, 0) is 4.74 Å². The number of aliphatic hydroxyl groups excluding tert-OH is 3. The highest BCUT2D eigenvalue weighted by atomic mass is 16.5. The zero-order valence-electron chi connectivity index (χ0n) is 6.92. The van der Waals surface area contributed by atoms with Gasteiger partial charge in [-0.25, -0.2) is 0 Å². The number of hydrogen-bond acceptors (Lipinski definition) is 5. The standard InChI is InChI=1S/C7H15NO4/c1-3-5(9)7(11)6(10)4(2-8)12-3/h3-7,9-11H,2,8H2,1H3/t3?,4-,5?,6+,7-/m1/s1. The molecule has 0 aliphatic carbocycles. The van der Waals surface area contributed by atoms with Gasteiger partial charge in [-0.3, -0.25) is 0 Å². The van der Waals surface area contributed by atoms with Crippen LogP contribution in [0.25, 0.3) is 0 Å². The maximum Gasteiger partial charge on any atom is 0.111 e. The average molecular weight is 177 g/mol. The molecule has 12 heavy (non-hydrogen) atoms. The Morgan fingerprint density at radius 2 is 1.75 bits per heavy atom. The molecule has 0 bridgehead atoms. The normalized spacial score (nSPS) is 49.2. The summed E-state index contributed by atoms with van der Waals surface area (Å²) in [7, 11) is 0. The predicted molar refractivity (Wildman–Crippen MR) is 41.4 cm³/mol. The van der Waals surface area contributed by atoms with Crippen LogP contribution in [0.2, 0.25) is 0 Å². The molecule has 0 aromatic rings. The maximum atomic E-state index is 9.31. The highest BCUT2D eigenvalue weighted by Gasteiger charge is 2.40. The zero-order chi connectivity index (χ0) is 9.30. The molecule has 0 saturated carbocycles. The quantitative estimate of drug-likeness (QED) is 0.365. The van der Waals surface area contributed by atoms with E-state index in [2.05, 4.69) is 0 Å². The minimum Gasteiger partial charge on any atom is -0.388 e. The number of ether oxygens (including phenoxy) is 1. The van der Waals surface area contributed by atoms with E-state index < -0.39 is 30.5 Å².